The standard InChI is InChI=1S/C10H14N4O5/c11-8-12-4-14(9(16)13-8)2-10(17)3-19-6-5(15)1-18-7(6)10/h4-7,15,17H,1-3H2,(H2,11,13,16)/t5-,6+,7-,10+/m1/s1. The SMILES string of the molecule is Nc1ncn(C[C@]2(O)CO[C@H]3[C@H](O)CO[C@H]32)c(=O)n1. The van der Waals surface area contributed by atoms with Gasteiger partial charge in [-0.1, -0.05) is 0 Å². The largest absolute Gasteiger partial charge is 0.388 e. The maximum Gasteiger partial charge on any atom is 0.352 e. The first-order valence-corrected chi connectivity index (χ1v) is 5.82. The van der Waals surface area contributed by atoms with Crippen molar-refractivity contribution in [2.45, 2.75) is 30.5 Å². The van der Waals surface area contributed by atoms with E-state index in [9.17, 15) is 15.0 Å². The number of aliphatic hydroxyl groups is 2. The second-order valence-corrected chi connectivity index (χ2v) is 4.83. The van der Waals surface area contributed by atoms with E-state index in [1.807, 2.05) is 0 Å². The van der Waals surface area contributed by atoms with Crippen LogP contribution in [0, 0.1) is 0 Å². The van der Waals surface area contributed by atoms with Gasteiger partial charge in [-0.2, -0.15) is 4.98 Å². The van der Waals surface area contributed by atoms with Gasteiger partial charge in [0.1, 0.15) is 30.2 Å². The van der Waals surface area contributed by atoms with Gasteiger partial charge in [0.05, 0.1) is 19.8 Å². The summed E-state index contributed by atoms with van der Waals surface area (Å²) in [6.45, 7) is -0.0129. The van der Waals surface area contributed by atoms with E-state index < -0.39 is 29.6 Å². The van der Waals surface area contributed by atoms with Crippen molar-refractivity contribution in [2.75, 3.05) is 18.9 Å². The van der Waals surface area contributed by atoms with Crippen molar-refractivity contribution in [3.8, 4) is 0 Å². The van der Waals surface area contributed by atoms with Crippen molar-refractivity contribution in [1.82, 2.24) is 14.5 Å². The van der Waals surface area contributed by atoms with E-state index in [0.29, 0.717) is 0 Å². The third kappa shape index (κ3) is 2.00. The van der Waals surface area contributed by atoms with E-state index in [0.717, 1.165) is 4.57 Å². The number of ether oxygens (including phenoxy) is 2. The van der Waals surface area contributed by atoms with E-state index in [1.165, 1.54) is 6.33 Å². The number of anilines is 1. The van der Waals surface area contributed by atoms with Crippen LogP contribution in [0.4, 0.5) is 5.95 Å². The Hall–Kier alpha value is -1.55. The minimum Gasteiger partial charge on any atom is -0.388 e. The molecule has 0 aromatic carbocycles. The third-order valence-corrected chi connectivity index (χ3v) is 3.41. The Bertz CT molecular complexity index is 549. The Kier molecular flexibility index (Phi) is 2.78. The van der Waals surface area contributed by atoms with Crippen LogP contribution in [0.1, 0.15) is 0 Å². The Morgan fingerprint density at radius 1 is 1.58 bits per heavy atom. The lowest BCUT2D eigenvalue weighted by molar-refractivity contribution is -0.0792. The van der Waals surface area contributed by atoms with Crippen molar-refractivity contribution >= 4 is 5.95 Å². The van der Waals surface area contributed by atoms with Crippen LogP contribution in [0.25, 0.3) is 0 Å². The van der Waals surface area contributed by atoms with Crippen molar-refractivity contribution in [3.05, 3.63) is 16.8 Å². The van der Waals surface area contributed by atoms with Crippen LogP contribution in [0.2, 0.25) is 0 Å². The van der Waals surface area contributed by atoms with E-state index in [4.69, 9.17) is 15.2 Å². The fourth-order valence-corrected chi connectivity index (χ4v) is 2.48. The monoisotopic (exact) mass is 270 g/mol. The summed E-state index contributed by atoms with van der Waals surface area (Å²) in [6, 6.07) is 0. The summed E-state index contributed by atoms with van der Waals surface area (Å²) in [5.74, 6) is -0.124. The second-order valence-electron chi connectivity index (χ2n) is 4.83. The molecule has 4 atom stereocenters. The average Bonchev–Trinajstić information content (AvgIpc) is 2.87. The molecule has 0 spiro atoms. The predicted octanol–water partition coefficient (Wildman–Crippen LogP) is -2.89. The lowest BCUT2D eigenvalue weighted by atomic mass is 9.96. The minimum atomic E-state index is -1.40. The van der Waals surface area contributed by atoms with E-state index in [1.54, 1.807) is 0 Å². The number of nitrogens with two attached hydrogens (primary N) is 1. The van der Waals surface area contributed by atoms with Gasteiger partial charge in [0, 0.05) is 0 Å². The first kappa shape index (κ1) is 12.5. The van der Waals surface area contributed by atoms with Gasteiger partial charge in [-0.25, -0.2) is 9.78 Å². The summed E-state index contributed by atoms with van der Waals surface area (Å²) in [7, 11) is 0. The quantitative estimate of drug-likeness (QED) is 0.521. The zero-order chi connectivity index (χ0) is 13.6. The summed E-state index contributed by atoms with van der Waals surface area (Å²) in [5.41, 5.74) is 3.29. The molecule has 104 valence electrons. The lowest BCUT2D eigenvalue weighted by Crippen LogP contribution is -2.49. The molecule has 0 radical (unpaired) electrons. The summed E-state index contributed by atoms with van der Waals surface area (Å²) in [6.07, 6.45) is -0.804. The van der Waals surface area contributed by atoms with Crippen LogP contribution < -0.4 is 11.4 Å². The van der Waals surface area contributed by atoms with E-state index in [2.05, 4.69) is 9.97 Å². The van der Waals surface area contributed by atoms with Crippen LogP contribution in [0.5, 0.6) is 0 Å². The maximum absolute atomic E-state index is 11.6. The van der Waals surface area contributed by atoms with Crippen molar-refractivity contribution < 1.29 is 19.7 Å². The average molecular weight is 270 g/mol. The highest BCUT2D eigenvalue weighted by Gasteiger charge is 2.56. The smallest absolute Gasteiger partial charge is 0.352 e. The Morgan fingerprint density at radius 2 is 2.37 bits per heavy atom. The van der Waals surface area contributed by atoms with Gasteiger partial charge in [0.2, 0.25) is 5.95 Å². The highest BCUT2D eigenvalue weighted by molar-refractivity contribution is 5.10. The predicted molar refractivity (Wildman–Crippen MR) is 61.1 cm³/mol. The van der Waals surface area contributed by atoms with Crippen LogP contribution in [0.3, 0.4) is 0 Å². The fraction of sp³-hybridized carbons (Fsp3) is 0.700. The number of nitrogen functional groups attached to an aromatic ring is 1. The molecule has 2 aliphatic heterocycles. The maximum atomic E-state index is 11.6. The summed E-state index contributed by atoms with van der Waals surface area (Å²) in [5, 5.41) is 20.1. The van der Waals surface area contributed by atoms with E-state index >= 15 is 0 Å². The molecule has 9 heteroatoms. The zero-order valence-electron chi connectivity index (χ0n) is 9.97. The number of rotatable bonds is 2. The molecule has 0 aliphatic carbocycles. The van der Waals surface area contributed by atoms with Crippen molar-refractivity contribution in [2.24, 2.45) is 0 Å². The van der Waals surface area contributed by atoms with Gasteiger partial charge in [-0.15, -0.1) is 0 Å². The summed E-state index contributed by atoms with van der Waals surface area (Å²) < 4.78 is 11.8. The normalized spacial score (nSPS) is 37.5. The molecule has 2 saturated heterocycles. The van der Waals surface area contributed by atoms with Gasteiger partial charge in [-0.05, 0) is 0 Å². The Balaban J connectivity index is 1.85. The van der Waals surface area contributed by atoms with Crippen LogP contribution in [-0.4, -0.2) is 61.9 Å². The first-order valence-electron chi connectivity index (χ1n) is 5.82. The summed E-state index contributed by atoms with van der Waals surface area (Å²) in [4.78, 5) is 18.8. The molecule has 4 N–H and O–H groups in total. The number of hydrogen-bond acceptors (Lipinski definition) is 8. The first-order chi connectivity index (χ1) is 8.99. The molecule has 9 nitrogen and oxygen atoms in total. The highest BCUT2D eigenvalue weighted by atomic mass is 16.6. The van der Waals surface area contributed by atoms with E-state index in [-0.39, 0.29) is 25.7 Å². The summed E-state index contributed by atoms with van der Waals surface area (Å²) >= 11 is 0. The number of aromatic nitrogens is 3. The van der Waals surface area contributed by atoms with Gasteiger partial charge < -0.3 is 25.4 Å². The fourth-order valence-electron chi connectivity index (χ4n) is 2.48. The lowest BCUT2D eigenvalue weighted by Gasteiger charge is -2.26. The molecule has 0 amide bonds. The number of nitrogens with zero attached hydrogens (tertiary/aromatic N) is 3. The van der Waals surface area contributed by atoms with Gasteiger partial charge >= 0.3 is 5.69 Å². The van der Waals surface area contributed by atoms with Crippen molar-refractivity contribution in [1.29, 1.82) is 0 Å². The van der Waals surface area contributed by atoms with Gasteiger partial charge in [0.25, 0.3) is 0 Å². The third-order valence-electron chi connectivity index (χ3n) is 3.41. The molecule has 2 aliphatic rings. The zero-order valence-corrected chi connectivity index (χ0v) is 9.97. The number of fused-ring (bicyclic) bond motifs is 1. The molecule has 0 bridgehead atoms. The molecule has 0 unspecified atom stereocenters. The van der Waals surface area contributed by atoms with Gasteiger partial charge in [-0.3, -0.25) is 4.57 Å². The second kappa shape index (κ2) is 4.23. The Morgan fingerprint density at radius 3 is 3.11 bits per heavy atom. The highest BCUT2D eigenvalue weighted by Crippen LogP contribution is 2.34. The molecule has 0 saturated carbocycles. The van der Waals surface area contributed by atoms with Crippen LogP contribution in [0.15, 0.2) is 11.1 Å². The molecule has 3 rings (SSSR count). The Labute approximate surface area is 107 Å². The topological polar surface area (TPSA) is 133 Å². The van der Waals surface area contributed by atoms with Crippen molar-refractivity contribution in [3.63, 3.8) is 0 Å². The molecule has 2 fully saturated rings. The molecule has 3 heterocycles. The van der Waals surface area contributed by atoms with Crippen LogP contribution >= 0.6 is 0 Å². The molecular formula is C10H14N4O5. The van der Waals surface area contributed by atoms with Gasteiger partial charge in [0.15, 0.2) is 0 Å². The van der Waals surface area contributed by atoms with Crippen LogP contribution in [-0.2, 0) is 16.0 Å². The minimum absolute atomic E-state index is 0.0315. The molecule has 19 heavy (non-hydrogen) atoms. The molecule has 1 aromatic rings. The molecular weight excluding hydrogens is 256 g/mol. The molecule has 1 aromatic heterocycles. The number of aliphatic hydroxyl groups excluding tert-OH is 1. The number of hydrogen-bond donors (Lipinski definition) is 3.